The number of benzene rings is 1. The van der Waals surface area contributed by atoms with Crippen LogP contribution >= 0.6 is 0 Å². The summed E-state index contributed by atoms with van der Waals surface area (Å²) in [7, 11) is 0. The molecule has 4 rings (SSSR count). The van der Waals surface area contributed by atoms with Gasteiger partial charge >= 0.3 is 0 Å². The van der Waals surface area contributed by atoms with Crippen LogP contribution < -0.4 is 0 Å². The van der Waals surface area contributed by atoms with Crippen molar-refractivity contribution in [3.05, 3.63) is 47.8 Å². The number of carbonyl (C=O) groups is 1. The van der Waals surface area contributed by atoms with Gasteiger partial charge < -0.3 is 4.90 Å². The van der Waals surface area contributed by atoms with Gasteiger partial charge in [0.15, 0.2) is 0 Å². The highest BCUT2D eigenvalue weighted by atomic mass is 16.2. The standard InChI is InChI=1S/C23H28N4O/c1-5-26-14-18(13-24-26)21-12-20(19-11-6-8-15(2)22(19)25-21)23(28)27-16(3)9-7-10-17(27)4/h6,8,11-14,16-17H,5,7,9-10H2,1-4H3/t16-,17+. The van der Waals surface area contributed by atoms with Gasteiger partial charge in [-0.2, -0.15) is 5.10 Å². The Bertz CT molecular complexity index is 1010. The second kappa shape index (κ2) is 7.38. The second-order valence-corrected chi connectivity index (χ2v) is 7.95. The maximum atomic E-state index is 13.7. The van der Waals surface area contributed by atoms with Gasteiger partial charge in [0.05, 0.1) is 23.0 Å². The van der Waals surface area contributed by atoms with Crippen LogP contribution in [0.3, 0.4) is 0 Å². The lowest BCUT2D eigenvalue weighted by atomic mass is 9.95. The van der Waals surface area contributed by atoms with Crippen molar-refractivity contribution in [2.45, 2.75) is 65.6 Å². The zero-order valence-electron chi connectivity index (χ0n) is 17.1. The number of piperidine rings is 1. The predicted octanol–water partition coefficient (Wildman–Crippen LogP) is 4.83. The highest BCUT2D eigenvalue weighted by molar-refractivity contribution is 6.08. The van der Waals surface area contributed by atoms with Crippen LogP contribution in [0.4, 0.5) is 0 Å². The minimum absolute atomic E-state index is 0.113. The Morgan fingerprint density at radius 3 is 2.64 bits per heavy atom. The summed E-state index contributed by atoms with van der Waals surface area (Å²) in [5.74, 6) is 0.113. The molecule has 3 aromatic rings. The average Bonchev–Trinajstić information content (AvgIpc) is 3.17. The van der Waals surface area contributed by atoms with Gasteiger partial charge in [0.1, 0.15) is 0 Å². The van der Waals surface area contributed by atoms with Gasteiger partial charge in [-0.3, -0.25) is 9.48 Å². The number of pyridine rings is 1. The van der Waals surface area contributed by atoms with Crippen LogP contribution in [0.25, 0.3) is 22.2 Å². The van der Waals surface area contributed by atoms with E-state index in [1.165, 1.54) is 6.42 Å². The molecule has 0 aliphatic carbocycles. The van der Waals surface area contributed by atoms with Crippen LogP contribution in [0.2, 0.25) is 0 Å². The number of amides is 1. The number of nitrogens with zero attached hydrogens (tertiary/aromatic N) is 4. The molecule has 1 aliphatic rings. The van der Waals surface area contributed by atoms with Crippen molar-refractivity contribution in [2.75, 3.05) is 0 Å². The highest BCUT2D eigenvalue weighted by Gasteiger charge is 2.31. The molecule has 28 heavy (non-hydrogen) atoms. The first-order valence-corrected chi connectivity index (χ1v) is 10.3. The lowest BCUT2D eigenvalue weighted by Crippen LogP contribution is -2.47. The van der Waals surface area contributed by atoms with E-state index >= 15 is 0 Å². The summed E-state index contributed by atoms with van der Waals surface area (Å²) in [5.41, 5.74) is 4.47. The maximum absolute atomic E-state index is 13.7. The molecule has 0 bridgehead atoms. The Morgan fingerprint density at radius 2 is 1.96 bits per heavy atom. The van der Waals surface area contributed by atoms with E-state index < -0.39 is 0 Å². The molecule has 1 amide bonds. The van der Waals surface area contributed by atoms with Gasteiger partial charge in [-0.15, -0.1) is 0 Å². The number of rotatable bonds is 3. The molecule has 0 unspecified atom stereocenters. The molecule has 5 nitrogen and oxygen atoms in total. The largest absolute Gasteiger partial charge is 0.333 e. The molecule has 0 N–H and O–H groups in total. The SMILES string of the molecule is CCn1cc(-c2cc(C(=O)N3[C@H](C)CCC[C@@H]3C)c3cccc(C)c3n2)cn1. The lowest BCUT2D eigenvalue weighted by Gasteiger charge is -2.39. The number of aryl methyl sites for hydroxylation is 2. The summed E-state index contributed by atoms with van der Waals surface area (Å²) >= 11 is 0. The van der Waals surface area contributed by atoms with Crippen molar-refractivity contribution in [3.63, 3.8) is 0 Å². The number of hydrogen-bond acceptors (Lipinski definition) is 3. The Morgan fingerprint density at radius 1 is 1.21 bits per heavy atom. The van der Waals surface area contributed by atoms with E-state index in [4.69, 9.17) is 4.98 Å². The van der Waals surface area contributed by atoms with Crippen LogP contribution in [0, 0.1) is 6.92 Å². The van der Waals surface area contributed by atoms with Crippen LogP contribution in [0.5, 0.6) is 0 Å². The molecule has 1 fully saturated rings. The fourth-order valence-corrected chi connectivity index (χ4v) is 4.35. The van der Waals surface area contributed by atoms with Crippen LogP contribution in [0.15, 0.2) is 36.7 Å². The molecule has 1 aliphatic heterocycles. The van der Waals surface area contributed by atoms with E-state index in [-0.39, 0.29) is 18.0 Å². The van der Waals surface area contributed by atoms with E-state index in [0.29, 0.717) is 0 Å². The summed E-state index contributed by atoms with van der Waals surface area (Å²) in [4.78, 5) is 20.6. The fourth-order valence-electron chi connectivity index (χ4n) is 4.35. The Balaban J connectivity index is 1.88. The first-order chi connectivity index (χ1) is 13.5. The molecular formula is C23H28N4O. The van der Waals surface area contributed by atoms with Gasteiger partial charge in [-0.05, 0) is 58.6 Å². The molecule has 1 saturated heterocycles. The van der Waals surface area contributed by atoms with E-state index in [0.717, 1.165) is 52.7 Å². The predicted molar refractivity (Wildman–Crippen MR) is 112 cm³/mol. The minimum Gasteiger partial charge on any atom is -0.333 e. The molecule has 5 heteroatoms. The fraction of sp³-hybridized carbons (Fsp3) is 0.435. The summed E-state index contributed by atoms with van der Waals surface area (Å²) in [5, 5.41) is 5.32. The maximum Gasteiger partial charge on any atom is 0.255 e. The van der Waals surface area contributed by atoms with Crippen LogP contribution in [-0.4, -0.2) is 37.7 Å². The third kappa shape index (κ3) is 3.19. The van der Waals surface area contributed by atoms with Crippen LogP contribution in [-0.2, 0) is 6.54 Å². The number of fused-ring (bicyclic) bond motifs is 1. The molecular weight excluding hydrogens is 348 g/mol. The first kappa shape index (κ1) is 18.7. The summed E-state index contributed by atoms with van der Waals surface area (Å²) in [6, 6.07) is 8.55. The van der Waals surface area contributed by atoms with Gasteiger partial charge in [-0.25, -0.2) is 4.98 Å². The molecule has 146 valence electrons. The van der Waals surface area contributed by atoms with Gasteiger partial charge in [0.2, 0.25) is 0 Å². The van der Waals surface area contributed by atoms with Crippen molar-refractivity contribution in [1.82, 2.24) is 19.7 Å². The van der Waals surface area contributed by atoms with Crippen molar-refractivity contribution < 1.29 is 4.79 Å². The number of para-hydroxylation sites is 1. The van der Waals surface area contributed by atoms with Crippen molar-refractivity contribution in [2.24, 2.45) is 0 Å². The summed E-state index contributed by atoms with van der Waals surface area (Å²) in [6.07, 6.45) is 7.13. The molecule has 2 aromatic heterocycles. The number of likely N-dealkylation sites (tertiary alicyclic amines) is 1. The van der Waals surface area contributed by atoms with Gasteiger partial charge in [0, 0.05) is 35.8 Å². The van der Waals surface area contributed by atoms with Crippen LogP contribution in [0.1, 0.15) is 56.0 Å². The zero-order chi connectivity index (χ0) is 19.8. The molecule has 1 aromatic carbocycles. The molecule has 0 saturated carbocycles. The van der Waals surface area contributed by atoms with Crippen molar-refractivity contribution in [3.8, 4) is 11.3 Å². The second-order valence-electron chi connectivity index (χ2n) is 7.95. The molecule has 3 heterocycles. The summed E-state index contributed by atoms with van der Waals surface area (Å²) < 4.78 is 1.88. The Labute approximate surface area is 166 Å². The van der Waals surface area contributed by atoms with Crippen molar-refractivity contribution in [1.29, 1.82) is 0 Å². The molecule has 0 spiro atoms. The van der Waals surface area contributed by atoms with Gasteiger partial charge in [0.25, 0.3) is 5.91 Å². The molecule has 2 atom stereocenters. The van der Waals surface area contributed by atoms with E-state index in [1.54, 1.807) is 0 Å². The number of carbonyl (C=O) groups excluding carboxylic acids is 1. The Hall–Kier alpha value is -2.69. The smallest absolute Gasteiger partial charge is 0.255 e. The van der Waals surface area contributed by atoms with E-state index in [9.17, 15) is 4.79 Å². The van der Waals surface area contributed by atoms with E-state index in [2.05, 4.69) is 43.8 Å². The highest BCUT2D eigenvalue weighted by Crippen LogP contribution is 2.30. The van der Waals surface area contributed by atoms with E-state index in [1.807, 2.05) is 35.3 Å². The number of hydrogen-bond donors (Lipinski definition) is 0. The third-order valence-corrected chi connectivity index (χ3v) is 5.95. The number of aromatic nitrogens is 3. The average molecular weight is 377 g/mol. The quantitative estimate of drug-likeness (QED) is 0.658. The van der Waals surface area contributed by atoms with Gasteiger partial charge in [-0.1, -0.05) is 18.2 Å². The van der Waals surface area contributed by atoms with Crippen molar-refractivity contribution >= 4 is 16.8 Å². The first-order valence-electron chi connectivity index (χ1n) is 10.3. The lowest BCUT2D eigenvalue weighted by molar-refractivity contribution is 0.0513. The normalized spacial score (nSPS) is 19.9. The summed E-state index contributed by atoms with van der Waals surface area (Å²) in [6.45, 7) is 9.24. The molecule has 0 radical (unpaired) electrons. The zero-order valence-corrected chi connectivity index (χ0v) is 17.1. The third-order valence-electron chi connectivity index (χ3n) is 5.95. The Kier molecular flexibility index (Phi) is 4.92. The topological polar surface area (TPSA) is 51.0 Å². The minimum atomic E-state index is 0.113. The monoisotopic (exact) mass is 376 g/mol.